The summed E-state index contributed by atoms with van der Waals surface area (Å²) in [7, 11) is 0. The van der Waals surface area contributed by atoms with E-state index in [0.717, 1.165) is 19.3 Å². The molecule has 0 aliphatic heterocycles. The normalized spacial score (nSPS) is 20.2. The van der Waals surface area contributed by atoms with E-state index in [0.29, 0.717) is 42.5 Å². The van der Waals surface area contributed by atoms with Gasteiger partial charge in [0.05, 0.1) is 11.8 Å². The average molecular weight is 331 g/mol. The van der Waals surface area contributed by atoms with Gasteiger partial charge in [0, 0.05) is 18.9 Å². The number of hydrogen-bond acceptors (Lipinski definition) is 4. The van der Waals surface area contributed by atoms with Crippen LogP contribution < -0.4 is 11.1 Å². The van der Waals surface area contributed by atoms with Crippen LogP contribution >= 0.6 is 0 Å². The third-order valence-corrected chi connectivity index (χ3v) is 4.57. The topological polar surface area (TPSA) is 81.1 Å². The van der Waals surface area contributed by atoms with E-state index >= 15 is 0 Å². The molecule has 1 aliphatic carbocycles. The lowest BCUT2D eigenvalue weighted by Crippen LogP contribution is -2.39. The van der Waals surface area contributed by atoms with Crippen molar-refractivity contribution in [3.63, 3.8) is 0 Å². The van der Waals surface area contributed by atoms with Crippen molar-refractivity contribution >= 4 is 5.91 Å². The van der Waals surface area contributed by atoms with Crippen LogP contribution in [0.3, 0.4) is 0 Å². The summed E-state index contributed by atoms with van der Waals surface area (Å²) in [5.41, 5.74) is 6.10. The molecule has 1 amide bonds. The number of carbonyl (C=O) groups is 1. The Hall–Kier alpha value is -2.21. The van der Waals surface area contributed by atoms with Gasteiger partial charge in [-0.1, -0.05) is 18.6 Å². The summed E-state index contributed by atoms with van der Waals surface area (Å²) >= 11 is 0. The van der Waals surface area contributed by atoms with Gasteiger partial charge in [0.2, 0.25) is 5.91 Å². The molecule has 1 saturated carbocycles. The number of halogens is 1. The van der Waals surface area contributed by atoms with Crippen molar-refractivity contribution in [1.29, 1.82) is 0 Å². The SMILES string of the molecule is NCC1CCCC1NC(=O)CCc1ncc(-c2ccccc2F)o1. The fourth-order valence-corrected chi connectivity index (χ4v) is 3.22. The number of hydrogen-bond donors (Lipinski definition) is 2. The zero-order valence-corrected chi connectivity index (χ0v) is 13.5. The monoisotopic (exact) mass is 331 g/mol. The van der Waals surface area contributed by atoms with Crippen molar-refractivity contribution in [3.05, 3.63) is 42.2 Å². The summed E-state index contributed by atoms with van der Waals surface area (Å²) in [4.78, 5) is 16.2. The Kier molecular flexibility index (Phi) is 5.25. The Bertz CT molecular complexity index is 701. The molecule has 5 nitrogen and oxygen atoms in total. The molecule has 1 fully saturated rings. The van der Waals surface area contributed by atoms with Crippen molar-refractivity contribution in [2.45, 2.75) is 38.1 Å². The molecule has 24 heavy (non-hydrogen) atoms. The van der Waals surface area contributed by atoms with Crippen LogP contribution in [-0.2, 0) is 11.2 Å². The molecule has 3 rings (SSSR count). The van der Waals surface area contributed by atoms with E-state index in [-0.39, 0.29) is 17.8 Å². The highest BCUT2D eigenvalue weighted by Gasteiger charge is 2.27. The first kappa shape index (κ1) is 16.6. The van der Waals surface area contributed by atoms with Crippen LogP contribution in [-0.4, -0.2) is 23.5 Å². The molecule has 0 bridgehead atoms. The quantitative estimate of drug-likeness (QED) is 0.853. The Balaban J connectivity index is 1.54. The number of aromatic nitrogens is 1. The van der Waals surface area contributed by atoms with E-state index in [4.69, 9.17) is 10.2 Å². The van der Waals surface area contributed by atoms with E-state index in [1.807, 2.05) is 0 Å². The molecule has 0 radical (unpaired) electrons. The molecular weight excluding hydrogens is 309 g/mol. The third kappa shape index (κ3) is 3.82. The zero-order chi connectivity index (χ0) is 16.9. The molecule has 1 aromatic heterocycles. The van der Waals surface area contributed by atoms with E-state index in [9.17, 15) is 9.18 Å². The Morgan fingerprint density at radius 3 is 3.00 bits per heavy atom. The van der Waals surface area contributed by atoms with Gasteiger partial charge in [-0.3, -0.25) is 4.79 Å². The van der Waals surface area contributed by atoms with Crippen LogP contribution in [0, 0.1) is 11.7 Å². The second kappa shape index (κ2) is 7.57. The predicted octanol–water partition coefficient (Wildman–Crippen LogP) is 2.66. The first-order chi connectivity index (χ1) is 11.7. The van der Waals surface area contributed by atoms with Gasteiger partial charge in [0.1, 0.15) is 5.82 Å². The maximum absolute atomic E-state index is 13.7. The van der Waals surface area contributed by atoms with E-state index < -0.39 is 0 Å². The molecule has 6 heteroatoms. The summed E-state index contributed by atoms with van der Waals surface area (Å²) in [6, 6.07) is 6.56. The lowest BCUT2D eigenvalue weighted by atomic mass is 10.0. The van der Waals surface area contributed by atoms with Crippen molar-refractivity contribution < 1.29 is 13.6 Å². The molecule has 0 saturated heterocycles. The Morgan fingerprint density at radius 2 is 2.21 bits per heavy atom. The van der Waals surface area contributed by atoms with Crippen LogP contribution in [0.4, 0.5) is 4.39 Å². The summed E-state index contributed by atoms with van der Waals surface area (Å²) < 4.78 is 19.3. The van der Waals surface area contributed by atoms with Crippen LogP contribution in [0.25, 0.3) is 11.3 Å². The van der Waals surface area contributed by atoms with Gasteiger partial charge >= 0.3 is 0 Å². The van der Waals surface area contributed by atoms with Crippen LogP contribution in [0.2, 0.25) is 0 Å². The van der Waals surface area contributed by atoms with Gasteiger partial charge in [0.15, 0.2) is 11.7 Å². The van der Waals surface area contributed by atoms with E-state index in [1.54, 1.807) is 18.2 Å². The second-order valence-corrected chi connectivity index (χ2v) is 6.20. The molecule has 1 aromatic carbocycles. The first-order valence-electron chi connectivity index (χ1n) is 8.36. The van der Waals surface area contributed by atoms with Gasteiger partial charge in [-0.25, -0.2) is 9.37 Å². The molecule has 0 spiro atoms. The summed E-state index contributed by atoms with van der Waals surface area (Å²) in [6.45, 7) is 0.608. The van der Waals surface area contributed by atoms with Crippen LogP contribution in [0.15, 0.2) is 34.9 Å². The number of oxazole rings is 1. The fourth-order valence-electron chi connectivity index (χ4n) is 3.22. The molecule has 2 aromatic rings. The largest absolute Gasteiger partial charge is 0.441 e. The number of benzene rings is 1. The third-order valence-electron chi connectivity index (χ3n) is 4.57. The Morgan fingerprint density at radius 1 is 1.38 bits per heavy atom. The number of nitrogens with two attached hydrogens (primary N) is 1. The highest BCUT2D eigenvalue weighted by Crippen LogP contribution is 2.25. The molecule has 1 heterocycles. The number of rotatable bonds is 6. The second-order valence-electron chi connectivity index (χ2n) is 6.20. The lowest BCUT2D eigenvalue weighted by molar-refractivity contribution is -0.122. The van der Waals surface area contributed by atoms with Gasteiger partial charge < -0.3 is 15.5 Å². The number of nitrogens with one attached hydrogen (secondary N) is 1. The minimum absolute atomic E-state index is 0.0222. The highest BCUT2D eigenvalue weighted by atomic mass is 19.1. The molecule has 2 atom stereocenters. The van der Waals surface area contributed by atoms with Crippen molar-refractivity contribution in [2.75, 3.05) is 6.54 Å². The van der Waals surface area contributed by atoms with Crippen LogP contribution in [0.1, 0.15) is 31.6 Å². The number of amides is 1. The smallest absolute Gasteiger partial charge is 0.220 e. The van der Waals surface area contributed by atoms with Gasteiger partial charge in [-0.15, -0.1) is 0 Å². The number of aryl methyl sites for hydroxylation is 1. The van der Waals surface area contributed by atoms with Gasteiger partial charge in [0.25, 0.3) is 0 Å². The minimum Gasteiger partial charge on any atom is -0.441 e. The molecule has 3 N–H and O–H groups in total. The van der Waals surface area contributed by atoms with Gasteiger partial charge in [-0.05, 0) is 37.4 Å². The van der Waals surface area contributed by atoms with Crippen LogP contribution in [0.5, 0.6) is 0 Å². The maximum Gasteiger partial charge on any atom is 0.220 e. The van der Waals surface area contributed by atoms with Crippen molar-refractivity contribution in [3.8, 4) is 11.3 Å². The molecular formula is C18H22FN3O2. The van der Waals surface area contributed by atoms with E-state index in [2.05, 4.69) is 10.3 Å². The first-order valence-corrected chi connectivity index (χ1v) is 8.36. The summed E-state index contributed by atoms with van der Waals surface area (Å²) in [5.74, 6) is 0.814. The minimum atomic E-state index is -0.355. The molecule has 1 aliphatic rings. The predicted molar refractivity (Wildman–Crippen MR) is 88.5 cm³/mol. The van der Waals surface area contributed by atoms with Crippen molar-refractivity contribution in [2.24, 2.45) is 11.7 Å². The number of nitrogens with zero attached hydrogens (tertiary/aromatic N) is 1. The van der Waals surface area contributed by atoms with E-state index in [1.165, 1.54) is 12.3 Å². The maximum atomic E-state index is 13.7. The number of carbonyl (C=O) groups excluding carboxylic acids is 1. The van der Waals surface area contributed by atoms with Crippen molar-refractivity contribution in [1.82, 2.24) is 10.3 Å². The highest BCUT2D eigenvalue weighted by molar-refractivity contribution is 5.76. The average Bonchev–Trinajstić information content (AvgIpc) is 3.22. The summed E-state index contributed by atoms with van der Waals surface area (Å²) in [6.07, 6.45) is 5.36. The van der Waals surface area contributed by atoms with Gasteiger partial charge in [-0.2, -0.15) is 0 Å². The molecule has 2 unspecified atom stereocenters. The molecule has 128 valence electrons. The fraction of sp³-hybridized carbons (Fsp3) is 0.444. The zero-order valence-electron chi connectivity index (χ0n) is 13.5. The summed E-state index contributed by atoms with van der Waals surface area (Å²) in [5, 5.41) is 3.05. The lowest BCUT2D eigenvalue weighted by Gasteiger charge is -2.19. The standard InChI is InChI=1S/C18H22FN3O2/c19-14-6-2-1-5-13(14)16-11-21-18(24-16)9-8-17(23)22-15-7-3-4-12(15)10-20/h1-2,5-6,11-12,15H,3-4,7-10,20H2,(H,22,23). The Labute approximate surface area is 140 Å².